The number of halogens is 2. The first-order valence-corrected chi connectivity index (χ1v) is 10.6. The largest absolute Gasteiger partial charge is 0.351 e. The molecule has 1 unspecified atom stereocenters. The molecule has 0 radical (unpaired) electrons. The van der Waals surface area contributed by atoms with Gasteiger partial charge in [-0.05, 0) is 61.1 Å². The summed E-state index contributed by atoms with van der Waals surface area (Å²) in [6, 6.07) is 21.2. The van der Waals surface area contributed by atoms with Crippen LogP contribution in [0.1, 0.15) is 24.4 Å². The number of nitrogens with one attached hydrogen (secondary N) is 1. The van der Waals surface area contributed by atoms with Crippen molar-refractivity contribution in [2.45, 2.75) is 13.0 Å². The maximum absolute atomic E-state index is 14.1. The standard InChI is InChI=1S/C25H18F2N4OS/c1-15-21(24-29-23(30-32-24)16-6-3-2-4-7-16)22(17-8-5-9-19(27)14-17)28-25(33)31(15)20-12-10-18(26)11-13-20/h2-14,22H,1H3,(H,28,33). The summed E-state index contributed by atoms with van der Waals surface area (Å²) < 4.78 is 33.3. The Kier molecular flexibility index (Phi) is 5.43. The molecule has 0 bridgehead atoms. The van der Waals surface area contributed by atoms with Crippen LogP contribution >= 0.6 is 12.2 Å². The van der Waals surface area contributed by atoms with Crippen LogP contribution in [-0.2, 0) is 0 Å². The van der Waals surface area contributed by atoms with Crippen LogP contribution in [-0.4, -0.2) is 15.3 Å². The summed E-state index contributed by atoms with van der Waals surface area (Å²) in [7, 11) is 0. The molecule has 3 aromatic carbocycles. The molecule has 5 rings (SSSR count). The Morgan fingerprint density at radius 3 is 2.42 bits per heavy atom. The highest BCUT2D eigenvalue weighted by Crippen LogP contribution is 2.39. The van der Waals surface area contributed by atoms with Gasteiger partial charge in [0.05, 0.1) is 11.6 Å². The van der Waals surface area contributed by atoms with Crippen LogP contribution in [0.15, 0.2) is 89.1 Å². The van der Waals surface area contributed by atoms with Gasteiger partial charge in [0.25, 0.3) is 5.89 Å². The van der Waals surface area contributed by atoms with E-state index in [-0.39, 0.29) is 17.5 Å². The molecular formula is C25H18F2N4OS. The lowest BCUT2D eigenvalue weighted by molar-refractivity contribution is 0.404. The number of anilines is 1. The molecule has 4 aromatic rings. The average molecular weight is 461 g/mol. The smallest absolute Gasteiger partial charge is 0.258 e. The van der Waals surface area contributed by atoms with Gasteiger partial charge < -0.3 is 9.84 Å². The lowest BCUT2D eigenvalue weighted by Gasteiger charge is -2.37. The van der Waals surface area contributed by atoms with E-state index in [1.165, 1.54) is 24.3 Å². The number of benzene rings is 3. The Morgan fingerprint density at radius 2 is 1.70 bits per heavy atom. The lowest BCUT2D eigenvalue weighted by Crippen LogP contribution is -2.46. The lowest BCUT2D eigenvalue weighted by atomic mass is 9.94. The maximum atomic E-state index is 14.1. The van der Waals surface area contributed by atoms with Crippen molar-refractivity contribution in [2.24, 2.45) is 0 Å². The first kappa shape index (κ1) is 21.0. The zero-order valence-electron chi connectivity index (χ0n) is 17.5. The number of hydrogen-bond donors (Lipinski definition) is 1. The Bertz CT molecular complexity index is 1350. The molecule has 1 aromatic heterocycles. The van der Waals surface area contributed by atoms with Crippen LogP contribution in [0.2, 0.25) is 0 Å². The van der Waals surface area contributed by atoms with Crippen LogP contribution in [0.3, 0.4) is 0 Å². The van der Waals surface area contributed by atoms with Gasteiger partial charge in [0.1, 0.15) is 11.6 Å². The Morgan fingerprint density at radius 1 is 0.939 bits per heavy atom. The Labute approximate surface area is 194 Å². The quantitative estimate of drug-likeness (QED) is 0.384. The normalized spacial score (nSPS) is 16.2. The molecule has 1 aliphatic heterocycles. The minimum Gasteiger partial charge on any atom is -0.351 e. The van der Waals surface area contributed by atoms with Crippen molar-refractivity contribution in [1.29, 1.82) is 0 Å². The molecule has 33 heavy (non-hydrogen) atoms. The van der Waals surface area contributed by atoms with Gasteiger partial charge in [0.15, 0.2) is 5.11 Å². The number of aromatic nitrogens is 2. The van der Waals surface area contributed by atoms with Crippen molar-refractivity contribution in [3.63, 3.8) is 0 Å². The second-order valence-electron chi connectivity index (χ2n) is 7.54. The summed E-state index contributed by atoms with van der Waals surface area (Å²) in [5.41, 5.74) is 3.49. The molecule has 0 saturated carbocycles. The topological polar surface area (TPSA) is 54.2 Å². The van der Waals surface area contributed by atoms with Gasteiger partial charge in [-0.1, -0.05) is 47.6 Å². The SMILES string of the molecule is CC1=C(c2nc(-c3ccccc3)no2)C(c2cccc(F)c2)NC(=S)N1c1ccc(F)cc1. The number of rotatable bonds is 4. The second kappa shape index (κ2) is 8.55. The summed E-state index contributed by atoms with van der Waals surface area (Å²) in [5, 5.41) is 7.80. The summed E-state index contributed by atoms with van der Waals surface area (Å²) in [5.74, 6) is 0.000300. The van der Waals surface area contributed by atoms with E-state index in [1.54, 1.807) is 29.2 Å². The molecular weight excluding hydrogens is 442 g/mol. The fraction of sp³-hybridized carbons (Fsp3) is 0.0800. The van der Waals surface area contributed by atoms with Gasteiger partial charge in [-0.15, -0.1) is 0 Å². The third kappa shape index (κ3) is 4.01. The van der Waals surface area contributed by atoms with E-state index in [4.69, 9.17) is 16.7 Å². The van der Waals surface area contributed by atoms with Gasteiger partial charge in [-0.2, -0.15) is 4.98 Å². The first-order chi connectivity index (χ1) is 16.0. The first-order valence-electron chi connectivity index (χ1n) is 10.2. The fourth-order valence-electron chi connectivity index (χ4n) is 3.89. The van der Waals surface area contributed by atoms with Crippen molar-refractivity contribution in [2.75, 3.05) is 4.90 Å². The predicted octanol–water partition coefficient (Wildman–Crippen LogP) is 5.88. The summed E-state index contributed by atoms with van der Waals surface area (Å²) >= 11 is 5.64. The zero-order chi connectivity index (χ0) is 22.9. The summed E-state index contributed by atoms with van der Waals surface area (Å²) in [6.45, 7) is 1.87. The Balaban J connectivity index is 1.66. The number of thiocarbonyl (C=S) groups is 1. The van der Waals surface area contributed by atoms with Crippen molar-refractivity contribution in [3.8, 4) is 11.4 Å². The highest BCUT2D eigenvalue weighted by Gasteiger charge is 2.35. The Hall–Kier alpha value is -3.91. The van der Waals surface area contributed by atoms with Gasteiger partial charge in [-0.3, -0.25) is 4.90 Å². The molecule has 8 heteroatoms. The van der Waals surface area contributed by atoms with Crippen LogP contribution in [0.5, 0.6) is 0 Å². The number of nitrogens with zero attached hydrogens (tertiary/aromatic N) is 3. The van der Waals surface area contributed by atoms with Crippen molar-refractivity contribution in [3.05, 3.63) is 108 Å². The molecule has 0 aliphatic carbocycles. The molecule has 1 aliphatic rings. The van der Waals surface area contributed by atoms with Crippen molar-refractivity contribution in [1.82, 2.24) is 15.5 Å². The minimum absolute atomic E-state index is 0.280. The molecule has 0 fully saturated rings. The van der Waals surface area contributed by atoms with E-state index in [2.05, 4.69) is 15.5 Å². The van der Waals surface area contributed by atoms with E-state index < -0.39 is 6.04 Å². The van der Waals surface area contributed by atoms with Gasteiger partial charge in [0, 0.05) is 16.9 Å². The van der Waals surface area contributed by atoms with Gasteiger partial charge in [0.2, 0.25) is 5.82 Å². The fourth-order valence-corrected chi connectivity index (χ4v) is 4.25. The molecule has 1 N–H and O–H groups in total. The molecule has 164 valence electrons. The van der Waals surface area contributed by atoms with Crippen LogP contribution in [0, 0.1) is 11.6 Å². The summed E-state index contributed by atoms with van der Waals surface area (Å²) in [4.78, 5) is 6.39. The van der Waals surface area contributed by atoms with E-state index in [0.717, 1.165) is 5.56 Å². The summed E-state index contributed by atoms with van der Waals surface area (Å²) in [6.07, 6.45) is 0. The number of allylic oxidation sites excluding steroid dienone is 1. The molecule has 1 atom stereocenters. The van der Waals surface area contributed by atoms with Crippen LogP contribution in [0.25, 0.3) is 17.0 Å². The molecule has 0 amide bonds. The van der Waals surface area contributed by atoms with Gasteiger partial charge in [-0.25, -0.2) is 8.78 Å². The second-order valence-corrected chi connectivity index (χ2v) is 7.92. The average Bonchev–Trinajstić information content (AvgIpc) is 3.30. The third-order valence-corrected chi connectivity index (χ3v) is 5.74. The van der Waals surface area contributed by atoms with E-state index in [9.17, 15) is 8.78 Å². The van der Waals surface area contributed by atoms with E-state index >= 15 is 0 Å². The highest BCUT2D eigenvalue weighted by atomic mass is 32.1. The van der Waals surface area contributed by atoms with Gasteiger partial charge >= 0.3 is 0 Å². The predicted molar refractivity (Wildman–Crippen MR) is 126 cm³/mol. The molecule has 0 spiro atoms. The minimum atomic E-state index is -0.519. The highest BCUT2D eigenvalue weighted by molar-refractivity contribution is 7.80. The van der Waals surface area contributed by atoms with Crippen LogP contribution in [0.4, 0.5) is 14.5 Å². The van der Waals surface area contributed by atoms with Crippen LogP contribution < -0.4 is 10.2 Å². The monoisotopic (exact) mass is 460 g/mol. The molecule has 2 heterocycles. The van der Waals surface area contributed by atoms with Crippen molar-refractivity contribution >= 4 is 28.6 Å². The van der Waals surface area contributed by atoms with E-state index in [1.807, 2.05) is 37.3 Å². The number of hydrogen-bond acceptors (Lipinski definition) is 4. The zero-order valence-corrected chi connectivity index (χ0v) is 18.3. The molecule has 5 nitrogen and oxygen atoms in total. The van der Waals surface area contributed by atoms with Crippen molar-refractivity contribution < 1.29 is 13.3 Å². The maximum Gasteiger partial charge on any atom is 0.258 e. The molecule has 0 saturated heterocycles. The third-order valence-electron chi connectivity index (χ3n) is 5.44. The van der Waals surface area contributed by atoms with E-state index in [0.29, 0.717) is 33.5 Å².